The molecule has 0 aromatic heterocycles. The zero-order valence-electron chi connectivity index (χ0n) is 5.22. The molecule has 3 heteroatoms. The normalized spacial score (nSPS) is 15.0. The first-order valence-electron chi connectivity index (χ1n) is 2.72. The van der Waals surface area contributed by atoms with Gasteiger partial charge in [0, 0.05) is 24.1 Å². The third kappa shape index (κ3) is 1.72. The number of rotatable bonds is 2. The summed E-state index contributed by atoms with van der Waals surface area (Å²) >= 11 is 0. The Morgan fingerprint density at radius 2 is 2.78 bits per heavy atom. The molecule has 0 aromatic rings. The molecule has 3 nitrogen and oxygen atoms in total. The Labute approximate surface area is 53.7 Å². The van der Waals surface area contributed by atoms with Gasteiger partial charge in [-0.1, -0.05) is 0 Å². The maximum atomic E-state index is 4.62. The zero-order chi connectivity index (χ0) is 6.53. The van der Waals surface area contributed by atoms with Crippen molar-refractivity contribution in [2.24, 2.45) is 5.16 Å². The highest BCUT2D eigenvalue weighted by atomic mass is 16.6. The van der Waals surface area contributed by atoms with E-state index in [1.165, 1.54) is 0 Å². The Morgan fingerprint density at radius 1 is 1.89 bits per heavy atom. The van der Waals surface area contributed by atoms with Crippen LogP contribution < -0.4 is 5.32 Å². The van der Waals surface area contributed by atoms with Gasteiger partial charge in [-0.15, -0.1) is 0 Å². The first-order chi connectivity index (χ1) is 4.43. The smallest absolute Gasteiger partial charge is 0.128 e. The van der Waals surface area contributed by atoms with Crippen LogP contribution in [-0.2, 0) is 4.84 Å². The van der Waals surface area contributed by atoms with Gasteiger partial charge < -0.3 is 10.2 Å². The molecule has 0 radical (unpaired) electrons. The molecule has 1 rings (SSSR count). The third-order valence-corrected chi connectivity index (χ3v) is 0.940. The van der Waals surface area contributed by atoms with Gasteiger partial charge in [0.15, 0.2) is 0 Å². The number of hydrogen-bond donors (Lipinski definition) is 1. The lowest BCUT2D eigenvalue weighted by Gasteiger charge is -1.99. The van der Waals surface area contributed by atoms with Crippen LogP contribution >= 0.6 is 0 Å². The largest absolute Gasteiger partial charge is 0.356 e. The Kier molecular flexibility index (Phi) is 2.07. The maximum Gasteiger partial charge on any atom is 0.128 e. The minimum Gasteiger partial charge on any atom is -0.356 e. The second-order valence-electron chi connectivity index (χ2n) is 1.69. The van der Waals surface area contributed by atoms with Gasteiger partial charge in [-0.3, -0.25) is 0 Å². The summed E-state index contributed by atoms with van der Waals surface area (Å²) in [4.78, 5) is 4.62. The second-order valence-corrected chi connectivity index (χ2v) is 1.69. The molecule has 0 amide bonds. The van der Waals surface area contributed by atoms with Crippen LogP contribution in [-0.4, -0.2) is 19.5 Å². The van der Waals surface area contributed by atoms with E-state index in [2.05, 4.69) is 21.2 Å². The highest BCUT2D eigenvalue weighted by Crippen LogP contribution is 1.96. The van der Waals surface area contributed by atoms with Gasteiger partial charge in [0.05, 0.1) is 0 Å². The van der Waals surface area contributed by atoms with Crippen molar-refractivity contribution in [3.05, 3.63) is 17.9 Å². The zero-order valence-corrected chi connectivity index (χ0v) is 5.22. The van der Waals surface area contributed by atoms with Gasteiger partial charge in [-0.05, 0) is 12.2 Å². The van der Waals surface area contributed by atoms with Crippen molar-refractivity contribution >= 4 is 5.87 Å². The summed E-state index contributed by atoms with van der Waals surface area (Å²) in [5, 5.41) is 6.38. The van der Waals surface area contributed by atoms with E-state index in [0.29, 0.717) is 0 Å². The molecule has 1 aliphatic heterocycles. The molecule has 0 aromatic carbocycles. The van der Waals surface area contributed by atoms with Crippen molar-refractivity contribution in [3.8, 4) is 0 Å². The van der Waals surface area contributed by atoms with E-state index in [0.717, 1.165) is 12.1 Å². The summed E-state index contributed by atoms with van der Waals surface area (Å²) in [6.45, 7) is 0.794. The van der Waals surface area contributed by atoms with E-state index in [4.69, 9.17) is 0 Å². The Bertz CT molecular complexity index is 177. The summed E-state index contributed by atoms with van der Waals surface area (Å²) in [7, 11) is 1.88. The lowest BCUT2D eigenvalue weighted by Crippen LogP contribution is -2.10. The first kappa shape index (κ1) is 6.08. The fourth-order valence-electron chi connectivity index (χ4n) is 0.565. The molecule has 1 heterocycles. The number of hydrogen-bond acceptors (Lipinski definition) is 3. The van der Waals surface area contributed by atoms with Gasteiger partial charge in [0.25, 0.3) is 0 Å². The van der Waals surface area contributed by atoms with Crippen molar-refractivity contribution < 1.29 is 4.84 Å². The van der Waals surface area contributed by atoms with Crippen LogP contribution in [0.2, 0.25) is 0 Å². The molecule has 0 saturated carbocycles. The van der Waals surface area contributed by atoms with Gasteiger partial charge in [-0.2, -0.15) is 0 Å². The van der Waals surface area contributed by atoms with Crippen molar-refractivity contribution in [1.82, 2.24) is 5.32 Å². The topological polar surface area (TPSA) is 33.6 Å². The number of likely N-dealkylation sites (N-methyl/N-ethyl adjacent to an activating group) is 1. The van der Waals surface area contributed by atoms with E-state index in [1.807, 2.05) is 7.05 Å². The van der Waals surface area contributed by atoms with Crippen LogP contribution in [0.25, 0.3) is 0 Å². The summed E-state index contributed by atoms with van der Waals surface area (Å²) in [6, 6.07) is 0. The number of nitrogens with one attached hydrogen (secondary N) is 1. The average molecular weight is 124 g/mol. The molecule has 0 spiro atoms. The minimum atomic E-state index is 0.794. The molecule has 0 bridgehead atoms. The highest BCUT2D eigenvalue weighted by Gasteiger charge is 1.92. The van der Waals surface area contributed by atoms with E-state index in [9.17, 15) is 0 Å². The lowest BCUT2D eigenvalue weighted by molar-refractivity contribution is 0.266. The molecule has 0 unspecified atom stereocenters. The van der Waals surface area contributed by atoms with E-state index < -0.39 is 0 Å². The second kappa shape index (κ2) is 3.07. The van der Waals surface area contributed by atoms with Crippen LogP contribution in [0.4, 0.5) is 0 Å². The monoisotopic (exact) mass is 124 g/mol. The Hall–Kier alpha value is -1.05. The summed E-state index contributed by atoms with van der Waals surface area (Å²) in [5.41, 5.74) is 1.05. The van der Waals surface area contributed by atoms with Gasteiger partial charge in [-0.25, -0.2) is 0 Å². The fourth-order valence-corrected chi connectivity index (χ4v) is 0.565. The van der Waals surface area contributed by atoms with Crippen molar-refractivity contribution in [1.29, 1.82) is 0 Å². The quantitative estimate of drug-likeness (QED) is 0.573. The van der Waals surface area contributed by atoms with Gasteiger partial charge in [0.2, 0.25) is 0 Å². The van der Waals surface area contributed by atoms with E-state index in [1.54, 1.807) is 12.3 Å². The molecule has 48 valence electrons. The SMILES string of the molecule is CNCC1=CON=C=C1. The Morgan fingerprint density at radius 3 is 3.33 bits per heavy atom. The molecular weight excluding hydrogens is 116 g/mol. The lowest BCUT2D eigenvalue weighted by atomic mass is 10.3. The standard InChI is InChI=1S/C6H8N2O/c1-7-4-6-2-3-8-9-5-6/h2,5,7H,4H2,1H3. The predicted molar refractivity (Wildman–Crippen MR) is 35.1 cm³/mol. The molecule has 0 atom stereocenters. The van der Waals surface area contributed by atoms with Gasteiger partial charge >= 0.3 is 0 Å². The molecule has 0 fully saturated rings. The first-order valence-corrected chi connectivity index (χ1v) is 2.72. The summed E-state index contributed by atoms with van der Waals surface area (Å²) in [5.74, 6) is 2.59. The van der Waals surface area contributed by atoms with Crippen LogP contribution in [0.3, 0.4) is 0 Å². The van der Waals surface area contributed by atoms with Crippen molar-refractivity contribution in [2.75, 3.05) is 13.6 Å². The van der Waals surface area contributed by atoms with Crippen LogP contribution in [0, 0.1) is 0 Å². The minimum absolute atomic E-state index is 0.794. The summed E-state index contributed by atoms with van der Waals surface area (Å²) in [6.07, 6.45) is 3.37. The summed E-state index contributed by atoms with van der Waals surface area (Å²) < 4.78 is 0. The number of nitrogens with zero attached hydrogens (tertiary/aromatic N) is 1. The molecule has 0 aliphatic carbocycles. The molecule has 0 saturated heterocycles. The van der Waals surface area contributed by atoms with Crippen LogP contribution in [0.15, 0.2) is 23.1 Å². The fraction of sp³-hybridized carbons (Fsp3) is 0.333. The molecular formula is C6H8N2O. The average Bonchev–Trinajstić information content (AvgIpc) is 1.91. The van der Waals surface area contributed by atoms with Gasteiger partial charge in [0.1, 0.15) is 6.26 Å². The van der Waals surface area contributed by atoms with Crippen molar-refractivity contribution in [3.63, 3.8) is 0 Å². The van der Waals surface area contributed by atoms with Crippen LogP contribution in [0.1, 0.15) is 0 Å². The van der Waals surface area contributed by atoms with Crippen LogP contribution in [0.5, 0.6) is 0 Å². The third-order valence-electron chi connectivity index (χ3n) is 0.940. The predicted octanol–water partition coefficient (Wildman–Crippen LogP) is 0.261. The van der Waals surface area contributed by atoms with E-state index in [-0.39, 0.29) is 0 Å². The maximum absolute atomic E-state index is 4.62. The van der Waals surface area contributed by atoms with E-state index >= 15 is 0 Å². The van der Waals surface area contributed by atoms with Crippen molar-refractivity contribution in [2.45, 2.75) is 0 Å². The molecule has 1 aliphatic rings. The highest BCUT2D eigenvalue weighted by molar-refractivity contribution is 5.57. The molecule has 1 N–H and O–H groups in total. The Balaban J connectivity index is 2.50. The molecule has 9 heavy (non-hydrogen) atoms.